The maximum absolute atomic E-state index is 5.67. The molecule has 2 rings (SSSR count). The topological polar surface area (TPSA) is 47.1 Å². The van der Waals surface area contributed by atoms with E-state index in [1.165, 1.54) is 0 Å². The van der Waals surface area contributed by atoms with Crippen LogP contribution in [0.5, 0.6) is 5.75 Å². The van der Waals surface area contributed by atoms with Crippen LogP contribution in [0, 0.1) is 4.64 Å². The van der Waals surface area contributed by atoms with Crippen molar-refractivity contribution >= 4 is 12.2 Å². The van der Waals surface area contributed by atoms with Gasteiger partial charge < -0.3 is 14.5 Å². The Balaban J connectivity index is 2.33. The van der Waals surface area contributed by atoms with E-state index in [4.69, 9.17) is 21.7 Å². The third kappa shape index (κ3) is 2.94. The molecule has 0 fully saturated rings. The number of hydrogen-bond acceptors (Lipinski definition) is 4. The molecule has 1 N–H and O–H groups in total. The van der Waals surface area contributed by atoms with Gasteiger partial charge in [-0.1, -0.05) is 30.4 Å². The number of rotatable bonds is 5. The van der Waals surface area contributed by atoms with Crippen molar-refractivity contribution in [2.75, 3.05) is 20.3 Å². The SMILES string of the molecule is COCCOc1ccccc1-c1cnc[nH]c1=S. The summed E-state index contributed by atoms with van der Waals surface area (Å²) in [5.74, 6) is 0.780. The number of methoxy groups -OCH3 is 1. The van der Waals surface area contributed by atoms with Crippen molar-refractivity contribution in [2.24, 2.45) is 0 Å². The Morgan fingerprint density at radius 1 is 1.22 bits per heavy atom. The molecule has 0 amide bonds. The van der Waals surface area contributed by atoms with Crippen LogP contribution in [0.25, 0.3) is 11.1 Å². The number of nitrogens with one attached hydrogen (secondary N) is 1. The zero-order valence-electron chi connectivity index (χ0n) is 10.1. The van der Waals surface area contributed by atoms with E-state index in [2.05, 4.69) is 9.97 Å². The molecule has 0 saturated heterocycles. The molecule has 2 aromatic rings. The van der Waals surface area contributed by atoms with Gasteiger partial charge in [-0.05, 0) is 6.07 Å². The summed E-state index contributed by atoms with van der Waals surface area (Å²) in [6, 6.07) is 7.74. The van der Waals surface area contributed by atoms with Crippen LogP contribution in [0.3, 0.4) is 0 Å². The largest absolute Gasteiger partial charge is 0.491 e. The molecule has 0 radical (unpaired) electrons. The Kier molecular flexibility index (Phi) is 4.44. The van der Waals surface area contributed by atoms with Crippen LogP contribution < -0.4 is 4.74 Å². The highest BCUT2D eigenvalue weighted by atomic mass is 32.1. The lowest BCUT2D eigenvalue weighted by atomic mass is 10.1. The van der Waals surface area contributed by atoms with E-state index in [1.807, 2.05) is 24.3 Å². The Bertz CT molecular complexity index is 569. The third-order valence-corrected chi connectivity index (χ3v) is 2.78. The van der Waals surface area contributed by atoms with Gasteiger partial charge in [-0.15, -0.1) is 0 Å². The van der Waals surface area contributed by atoms with Crippen LogP contribution in [-0.4, -0.2) is 30.3 Å². The normalized spacial score (nSPS) is 10.3. The van der Waals surface area contributed by atoms with Crippen LogP contribution >= 0.6 is 12.2 Å². The zero-order chi connectivity index (χ0) is 12.8. The van der Waals surface area contributed by atoms with Gasteiger partial charge in [0.15, 0.2) is 0 Å². The summed E-state index contributed by atoms with van der Waals surface area (Å²) in [6.07, 6.45) is 3.30. The smallest absolute Gasteiger partial charge is 0.127 e. The highest BCUT2D eigenvalue weighted by Crippen LogP contribution is 2.29. The van der Waals surface area contributed by atoms with E-state index >= 15 is 0 Å². The van der Waals surface area contributed by atoms with E-state index in [-0.39, 0.29) is 0 Å². The summed E-state index contributed by atoms with van der Waals surface area (Å²) in [5.41, 5.74) is 1.79. The van der Waals surface area contributed by atoms with Crippen molar-refractivity contribution < 1.29 is 9.47 Å². The number of H-pyrrole nitrogens is 1. The molecule has 0 aliphatic carbocycles. The number of benzene rings is 1. The Labute approximate surface area is 111 Å². The third-order valence-electron chi connectivity index (χ3n) is 2.44. The lowest BCUT2D eigenvalue weighted by molar-refractivity contribution is 0.146. The maximum atomic E-state index is 5.67. The second-order valence-corrected chi connectivity index (χ2v) is 4.04. The predicted octanol–water partition coefficient (Wildman–Crippen LogP) is 2.83. The number of para-hydroxylation sites is 1. The fourth-order valence-corrected chi connectivity index (χ4v) is 1.80. The van der Waals surface area contributed by atoms with Gasteiger partial charge in [0, 0.05) is 24.4 Å². The molecular weight excluding hydrogens is 248 g/mol. The molecule has 5 heteroatoms. The molecule has 0 saturated carbocycles. The molecule has 0 aliphatic heterocycles. The molecule has 0 bridgehead atoms. The molecule has 1 aromatic heterocycles. The molecule has 0 atom stereocenters. The fraction of sp³-hybridized carbons (Fsp3) is 0.231. The number of aromatic nitrogens is 2. The monoisotopic (exact) mass is 262 g/mol. The van der Waals surface area contributed by atoms with E-state index < -0.39 is 0 Å². The highest BCUT2D eigenvalue weighted by molar-refractivity contribution is 7.71. The lowest BCUT2D eigenvalue weighted by Gasteiger charge is -2.10. The van der Waals surface area contributed by atoms with Crippen molar-refractivity contribution in [3.05, 3.63) is 41.4 Å². The molecule has 18 heavy (non-hydrogen) atoms. The zero-order valence-corrected chi connectivity index (χ0v) is 10.9. The Morgan fingerprint density at radius 2 is 2.06 bits per heavy atom. The average Bonchev–Trinajstić information content (AvgIpc) is 2.40. The maximum Gasteiger partial charge on any atom is 0.127 e. The molecule has 4 nitrogen and oxygen atoms in total. The molecular formula is C13H14N2O2S. The second-order valence-electron chi connectivity index (χ2n) is 3.63. The van der Waals surface area contributed by atoms with E-state index in [1.54, 1.807) is 19.6 Å². The van der Waals surface area contributed by atoms with Crippen LogP contribution in [-0.2, 0) is 4.74 Å². The van der Waals surface area contributed by atoms with Crippen LogP contribution in [0.15, 0.2) is 36.8 Å². The summed E-state index contributed by atoms with van der Waals surface area (Å²) in [4.78, 5) is 6.97. The van der Waals surface area contributed by atoms with Gasteiger partial charge in [-0.3, -0.25) is 0 Å². The first-order valence-corrected chi connectivity index (χ1v) is 5.97. The van der Waals surface area contributed by atoms with Gasteiger partial charge in [0.2, 0.25) is 0 Å². The summed E-state index contributed by atoms with van der Waals surface area (Å²) in [5, 5.41) is 0. The summed E-state index contributed by atoms with van der Waals surface area (Å²) in [6.45, 7) is 1.05. The first-order chi connectivity index (χ1) is 8.83. The van der Waals surface area contributed by atoms with Gasteiger partial charge in [-0.2, -0.15) is 0 Å². The first kappa shape index (κ1) is 12.7. The quantitative estimate of drug-likeness (QED) is 0.665. The van der Waals surface area contributed by atoms with Gasteiger partial charge in [0.25, 0.3) is 0 Å². The van der Waals surface area contributed by atoms with Crippen molar-refractivity contribution in [3.63, 3.8) is 0 Å². The molecule has 0 aliphatic rings. The van der Waals surface area contributed by atoms with Crippen LogP contribution in [0.1, 0.15) is 0 Å². The second kappa shape index (κ2) is 6.28. The van der Waals surface area contributed by atoms with Crippen molar-refractivity contribution in [1.29, 1.82) is 0 Å². The van der Waals surface area contributed by atoms with Gasteiger partial charge in [0.05, 0.1) is 12.9 Å². The van der Waals surface area contributed by atoms with Crippen molar-refractivity contribution in [3.8, 4) is 16.9 Å². The number of nitrogens with zero attached hydrogens (tertiary/aromatic N) is 1. The lowest BCUT2D eigenvalue weighted by Crippen LogP contribution is -2.05. The minimum atomic E-state index is 0.504. The summed E-state index contributed by atoms with van der Waals surface area (Å²) >= 11 is 5.25. The standard InChI is InChI=1S/C13H14N2O2S/c1-16-6-7-17-12-5-3-2-4-10(12)11-8-14-9-15-13(11)18/h2-5,8-9H,6-7H2,1H3,(H,14,15,18). The number of ether oxygens (including phenoxy) is 2. The van der Waals surface area contributed by atoms with Crippen LogP contribution in [0.2, 0.25) is 0 Å². The first-order valence-electron chi connectivity index (χ1n) is 5.56. The van der Waals surface area contributed by atoms with Crippen molar-refractivity contribution in [1.82, 2.24) is 9.97 Å². The summed E-state index contributed by atoms with van der Waals surface area (Å²) < 4.78 is 11.3. The number of hydrogen-bond donors (Lipinski definition) is 1. The molecule has 0 unspecified atom stereocenters. The molecule has 0 spiro atoms. The molecule has 1 aromatic carbocycles. The fourth-order valence-electron chi connectivity index (χ4n) is 1.59. The predicted molar refractivity (Wildman–Crippen MR) is 72.2 cm³/mol. The highest BCUT2D eigenvalue weighted by Gasteiger charge is 2.07. The van der Waals surface area contributed by atoms with Crippen molar-refractivity contribution in [2.45, 2.75) is 0 Å². The van der Waals surface area contributed by atoms with Gasteiger partial charge in [0.1, 0.15) is 17.0 Å². The van der Waals surface area contributed by atoms with Crippen LogP contribution in [0.4, 0.5) is 0 Å². The molecule has 1 heterocycles. The molecule has 94 valence electrons. The van der Waals surface area contributed by atoms with E-state index in [0.717, 1.165) is 16.9 Å². The van der Waals surface area contributed by atoms with Gasteiger partial charge in [-0.25, -0.2) is 4.98 Å². The minimum absolute atomic E-state index is 0.504. The number of aromatic amines is 1. The van der Waals surface area contributed by atoms with E-state index in [9.17, 15) is 0 Å². The Morgan fingerprint density at radius 3 is 2.83 bits per heavy atom. The van der Waals surface area contributed by atoms with E-state index in [0.29, 0.717) is 17.9 Å². The van der Waals surface area contributed by atoms with Gasteiger partial charge >= 0.3 is 0 Å². The average molecular weight is 262 g/mol. The Hall–Kier alpha value is -1.72. The summed E-state index contributed by atoms with van der Waals surface area (Å²) in [7, 11) is 1.65. The minimum Gasteiger partial charge on any atom is -0.491 e.